The molecule has 1 aromatic heterocycles. The molecule has 1 aromatic rings. The molecule has 9 heteroatoms. The van der Waals surface area contributed by atoms with Crippen LogP contribution in [0.4, 0.5) is 0 Å². The number of carbonyl (C=O) groups is 1. The van der Waals surface area contributed by atoms with Crippen molar-refractivity contribution in [2.75, 3.05) is 5.75 Å². The summed E-state index contributed by atoms with van der Waals surface area (Å²) in [6, 6.07) is 0. The first-order chi connectivity index (χ1) is 9.41. The van der Waals surface area contributed by atoms with Gasteiger partial charge in [-0.3, -0.25) is 14.2 Å². The van der Waals surface area contributed by atoms with Gasteiger partial charge in [0.05, 0.1) is 17.5 Å². The monoisotopic (exact) mass is 295 g/mol. The molecule has 1 amide bonds. The minimum Gasteiger partial charge on any atom is -0.303 e. The zero-order valence-corrected chi connectivity index (χ0v) is 12.0. The van der Waals surface area contributed by atoms with Crippen molar-refractivity contribution in [3.05, 3.63) is 32.1 Å². The lowest BCUT2D eigenvalue weighted by molar-refractivity contribution is -0.116. The molecule has 0 aromatic carbocycles. The molecule has 1 aliphatic rings. The fourth-order valence-corrected chi connectivity index (χ4v) is 2.27. The van der Waals surface area contributed by atoms with Gasteiger partial charge >= 0.3 is 5.69 Å². The third kappa shape index (κ3) is 2.57. The molecule has 1 aliphatic heterocycles. The van der Waals surface area contributed by atoms with Crippen LogP contribution in [-0.4, -0.2) is 32.2 Å². The molecule has 0 aliphatic carbocycles. The summed E-state index contributed by atoms with van der Waals surface area (Å²) in [6.07, 6.45) is 1.29. The van der Waals surface area contributed by atoms with E-state index >= 15 is 0 Å². The summed E-state index contributed by atoms with van der Waals surface area (Å²) < 4.78 is 2.37. The van der Waals surface area contributed by atoms with Crippen LogP contribution in [0.5, 0.6) is 0 Å². The van der Waals surface area contributed by atoms with E-state index in [-0.39, 0.29) is 11.5 Å². The molecule has 1 N–H and O–H groups in total. The Balaban J connectivity index is 2.38. The van der Waals surface area contributed by atoms with Crippen LogP contribution in [0.15, 0.2) is 19.8 Å². The summed E-state index contributed by atoms with van der Waals surface area (Å²) in [5.74, 6) is 0.188. The van der Waals surface area contributed by atoms with Crippen LogP contribution < -0.4 is 16.6 Å². The van der Waals surface area contributed by atoms with E-state index in [1.807, 2.05) is 0 Å². The van der Waals surface area contributed by atoms with E-state index < -0.39 is 11.2 Å². The Morgan fingerprint density at radius 1 is 1.25 bits per heavy atom. The topological polar surface area (TPSA) is 97.8 Å². The van der Waals surface area contributed by atoms with Crippen LogP contribution in [0, 0.1) is 6.92 Å². The average molecular weight is 295 g/mol. The zero-order chi connectivity index (χ0) is 14.9. The summed E-state index contributed by atoms with van der Waals surface area (Å²) in [4.78, 5) is 34.6. The van der Waals surface area contributed by atoms with Crippen LogP contribution in [0.25, 0.3) is 0 Å². The molecule has 8 nitrogen and oxygen atoms in total. The van der Waals surface area contributed by atoms with E-state index in [1.165, 1.54) is 29.6 Å². The number of hydrogen-bond donors (Lipinski definition) is 1. The van der Waals surface area contributed by atoms with Crippen molar-refractivity contribution in [1.29, 1.82) is 0 Å². The number of thioether (sulfide) groups is 1. The number of amidine groups is 1. The average Bonchev–Trinajstić information content (AvgIpc) is 2.84. The molecule has 2 heterocycles. The summed E-state index contributed by atoms with van der Waals surface area (Å²) in [5, 5.41) is 10.5. The van der Waals surface area contributed by atoms with Gasteiger partial charge in [0.2, 0.25) is 5.91 Å². The number of amides is 1. The van der Waals surface area contributed by atoms with Crippen LogP contribution in [0.1, 0.15) is 11.3 Å². The Labute approximate surface area is 118 Å². The van der Waals surface area contributed by atoms with Gasteiger partial charge in [0.25, 0.3) is 5.56 Å². The van der Waals surface area contributed by atoms with Gasteiger partial charge in [-0.15, -0.1) is 5.10 Å². The highest BCUT2D eigenvalue weighted by molar-refractivity contribution is 8.15. The fourth-order valence-electron chi connectivity index (χ4n) is 1.64. The van der Waals surface area contributed by atoms with Crippen LogP contribution in [-0.2, 0) is 18.9 Å². The number of carbonyl (C=O) groups excluding carboxylic acids is 1. The lowest BCUT2D eigenvalue weighted by atomic mass is 10.2. The first-order valence-electron chi connectivity index (χ1n) is 5.72. The zero-order valence-electron chi connectivity index (χ0n) is 11.2. The maximum atomic E-state index is 12.0. The smallest absolute Gasteiger partial charge is 0.303 e. The minimum absolute atomic E-state index is 0.127. The number of rotatable bonds is 2. The number of nitrogens with zero attached hydrogens (tertiary/aromatic N) is 4. The standard InChI is InChI=1S/C11H13N5O3S/c1-6-7(9(18)16(3)11(19)15(6)2)4-12-14-10-13-8(17)5-20-10/h4H,5H2,1-3H3,(H,13,14,17). The highest BCUT2D eigenvalue weighted by Gasteiger charge is 2.16. The Morgan fingerprint density at radius 3 is 2.55 bits per heavy atom. The fraction of sp³-hybridized carbons (Fsp3) is 0.364. The van der Waals surface area contributed by atoms with E-state index in [1.54, 1.807) is 14.0 Å². The quantitative estimate of drug-likeness (QED) is 0.556. The van der Waals surface area contributed by atoms with Crippen LogP contribution in [0.2, 0.25) is 0 Å². The molecular weight excluding hydrogens is 282 g/mol. The van der Waals surface area contributed by atoms with Gasteiger partial charge in [0, 0.05) is 19.8 Å². The number of aromatic nitrogens is 2. The van der Waals surface area contributed by atoms with Crippen LogP contribution in [0.3, 0.4) is 0 Å². The first kappa shape index (κ1) is 14.3. The lowest BCUT2D eigenvalue weighted by Crippen LogP contribution is -2.40. The van der Waals surface area contributed by atoms with Crippen molar-refractivity contribution < 1.29 is 4.79 Å². The molecule has 0 unspecified atom stereocenters. The van der Waals surface area contributed by atoms with Crippen molar-refractivity contribution in [2.24, 2.45) is 24.3 Å². The Hall–Kier alpha value is -2.16. The number of hydrogen-bond acceptors (Lipinski definition) is 6. The summed E-state index contributed by atoms with van der Waals surface area (Å²) in [5.41, 5.74) is -0.0364. The summed E-state index contributed by atoms with van der Waals surface area (Å²) >= 11 is 1.24. The lowest BCUT2D eigenvalue weighted by Gasteiger charge is -2.08. The van der Waals surface area contributed by atoms with E-state index in [4.69, 9.17) is 0 Å². The van der Waals surface area contributed by atoms with E-state index in [0.29, 0.717) is 16.6 Å². The predicted molar refractivity (Wildman–Crippen MR) is 77.3 cm³/mol. The first-order valence-corrected chi connectivity index (χ1v) is 6.70. The second-order valence-corrected chi connectivity index (χ2v) is 5.16. The van der Waals surface area contributed by atoms with E-state index in [9.17, 15) is 14.4 Å². The van der Waals surface area contributed by atoms with Gasteiger partial charge in [-0.1, -0.05) is 11.8 Å². The predicted octanol–water partition coefficient (Wildman–Crippen LogP) is -1.05. The third-order valence-electron chi connectivity index (χ3n) is 2.92. The van der Waals surface area contributed by atoms with Crippen molar-refractivity contribution in [2.45, 2.75) is 6.92 Å². The van der Waals surface area contributed by atoms with E-state index in [2.05, 4.69) is 15.5 Å². The number of nitrogens with one attached hydrogen (secondary N) is 1. The van der Waals surface area contributed by atoms with Gasteiger partial charge in [0.1, 0.15) is 0 Å². The van der Waals surface area contributed by atoms with Gasteiger partial charge in [0.15, 0.2) is 5.17 Å². The normalized spacial score (nSPS) is 17.1. The molecular formula is C11H13N5O3S. The molecule has 1 saturated heterocycles. The highest BCUT2D eigenvalue weighted by atomic mass is 32.2. The maximum Gasteiger partial charge on any atom is 0.330 e. The van der Waals surface area contributed by atoms with Crippen molar-refractivity contribution in [3.63, 3.8) is 0 Å². The molecule has 0 saturated carbocycles. The van der Waals surface area contributed by atoms with Crippen LogP contribution >= 0.6 is 11.8 Å². The Bertz CT molecular complexity index is 744. The SMILES string of the molecule is Cc1c(C=N/N=C2\NC(=O)CS2)c(=O)n(C)c(=O)n1C. The summed E-state index contributed by atoms with van der Waals surface area (Å²) in [7, 11) is 2.98. The highest BCUT2D eigenvalue weighted by Crippen LogP contribution is 2.08. The molecule has 1 fully saturated rings. The Kier molecular flexibility index (Phi) is 3.89. The molecule has 0 atom stereocenters. The van der Waals surface area contributed by atoms with Gasteiger partial charge in [-0.05, 0) is 6.92 Å². The van der Waals surface area contributed by atoms with E-state index in [0.717, 1.165) is 4.57 Å². The van der Waals surface area contributed by atoms with Gasteiger partial charge < -0.3 is 9.88 Å². The molecule has 0 spiro atoms. The third-order valence-corrected chi connectivity index (χ3v) is 3.79. The molecule has 0 bridgehead atoms. The molecule has 106 valence electrons. The second-order valence-electron chi connectivity index (χ2n) is 4.19. The van der Waals surface area contributed by atoms with Gasteiger partial charge in [-0.2, -0.15) is 5.10 Å². The Morgan fingerprint density at radius 2 is 1.95 bits per heavy atom. The second kappa shape index (κ2) is 5.45. The molecule has 2 rings (SSSR count). The van der Waals surface area contributed by atoms with Crippen molar-refractivity contribution in [3.8, 4) is 0 Å². The van der Waals surface area contributed by atoms with Crippen molar-refractivity contribution >= 4 is 29.1 Å². The largest absolute Gasteiger partial charge is 0.330 e. The summed E-state index contributed by atoms with van der Waals surface area (Å²) in [6.45, 7) is 1.66. The van der Waals surface area contributed by atoms with Gasteiger partial charge in [-0.25, -0.2) is 4.79 Å². The molecule has 20 heavy (non-hydrogen) atoms. The van der Waals surface area contributed by atoms with Crippen molar-refractivity contribution in [1.82, 2.24) is 14.5 Å². The molecule has 0 radical (unpaired) electrons. The minimum atomic E-state index is -0.433. The maximum absolute atomic E-state index is 12.0.